The molecule has 0 unspecified atom stereocenters. The molecule has 74 valence electrons. The van der Waals surface area contributed by atoms with Gasteiger partial charge in [0.15, 0.2) is 5.16 Å². The van der Waals surface area contributed by atoms with Gasteiger partial charge in [-0.15, -0.1) is 23.1 Å². The Kier molecular flexibility index (Phi) is 2.85. The number of nitrogens with two attached hydrogens (primary N) is 1. The summed E-state index contributed by atoms with van der Waals surface area (Å²) in [6, 6.07) is 1.90. The van der Waals surface area contributed by atoms with Crippen LogP contribution < -0.4 is 5.73 Å². The molecule has 0 atom stereocenters. The molecule has 2 aromatic rings. The number of fused-ring (bicyclic) bond motifs is 1. The number of aromatic nitrogens is 2. The number of rotatable bonds is 2. The summed E-state index contributed by atoms with van der Waals surface area (Å²) in [5.74, 6) is 0. The number of thioether (sulfide) groups is 2. The Morgan fingerprint density at radius 1 is 1.29 bits per heavy atom. The summed E-state index contributed by atoms with van der Waals surface area (Å²) in [6.07, 6.45) is 3.99. The van der Waals surface area contributed by atoms with Gasteiger partial charge in [0, 0.05) is 0 Å². The van der Waals surface area contributed by atoms with E-state index in [9.17, 15) is 0 Å². The highest BCUT2D eigenvalue weighted by molar-refractivity contribution is 7.99. The fourth-order valence-corrected chi connectivity index (χ4v) is 3.15. The smallest absolute Gasteiger partial charge is 0.188 e. The molecule has 0 amide bonds. The topological polar surface area (TPSA) is 51.8 Å². The molecule has 0 aliphatic rings. The number of nitrogens with zero attached hydrogens (tertiary/aromatic N) is 2. The maximum Gasteiger partial charge on any atom is 0.188 e. The van der Waals surface area contributed by atoms with Crippen LogP contribution in [0.25, 0.3) is 10.2 Å². The first-order valence-electron chi connectivity index (χ1n) is 3.89. The lowest BCUT2D eigenvalue weighted by atomic mass is 10.5. The zero-order chi connectivity index (χ0) is 10.1. The average Bonchev–Trinajstić information content (AvgIpc) is 2.56. The number of hydrogen-bond donors (Lipinski definition) is 1. The summed E-state index contributed by atoms with van der Waals surface area (Å²) >= 11 is 4.73. The molecular weight excluding hydrogens is 234 g/mol. The third-order valence-electron chi connectivity index (χ3n) is 1.71. The van der Waals surface area contributed by atoms with Crippen LogP contribution in [0.1, 0.15) is 0 Å². The lowest BCUT2D eigenvalue weighted by Crippen LogP contribution is -1.87. The summed E-state index contributed by atoms with van der Waals surface area (Å²) in [5.41, 5.74) is 6.70. The Hall–Kier alpha value is -0.460. The van der Waals surface area contributed by atoms with Gasteiger partial charge >= 0.3 is 0 Å². The van der Waals surface area contributed by atoms with Crippen molar-refractivity contribution in [1.82, 2.24) is 9.97 Å². The van der Waals surface area contributed by atoms with Crippen molar-refractivity contribution in [2.24, 2.45) is 0 Å². The van der Waals surface area contributed by atoms with Crippen LogP contribution in [0.3, 0.4) is 0 Å². The predicted octanol–water partition coefficient (Wildman–Crippen LogP) is 2.72. The summed E-state index contributed by atoms with van der Waals surface area (Å²) < 4.78 is 1.09. The fraction of sp³-hybridized carbons (Fsp3) is 0.250. The number of hydrogen-bond acceptors (Lipinski definition) is 6. The van der Waals surface area contributed by atoms with Gasteiger partial charge in [0.2, 0.25) is 0 Å². The van der Waals surface area contributed by atoms with Crippen molar-refractivity contribution in [3.8, 4) is 0 Å². The highest BCUT2D eigenvalue weighted by Crippen LogP contribution is 2.33. The lowest BCUT2D eigenvalue weighted by molar-refractivity contribution is 0.940. The van der Waals surface area contributed by atoms with Crippen molar-refractivity contribution < 1.29 is 0 Å². The number of nitrogen functional groups attached to an aromatic ring is 1. The van der Waals surface area contributed by atoms with Gasteiger partial charge in [-0.2, -0.15) is 0 Å². The predicted molar refractivity (Wildman–Crippen MR) is 65.4 cm³/mol. The fourth-order valence-electron chi connectivity index (χ4n) is 1.13. The van der Waals surface area contributed by atoms with Crippen LogP contribution in [0, 0.1) is 0 Å². The molecule has 0 radical (unpaired) electrons. The minimum atomic E-state index is 0.794. The molecule has 0 saturated carbocycles. The summed E-state index contributed by atoms with van der Waals surface area (Å²) in [5, 5.41) is 2.61. The standard InChI is InChI=1S/C8H9N3S3/c1-12-7-6-4(3-5(9)14-6)10-8(11-7)13-2/h3H,9H2,1-2H3. The second-order valence-electron chi connectivity index (χ2n) is 2.58. The molecule has 2 rings (SSSR count). The molecule has 6 heteroatoms. The van der Waals surface area contributed by atoms with Gasteiger partial charge < -0.3 is 5.73 Å². The van der Waals surface area contributed by atoms with Crippen molar-refractivity contribution >= 4 is 50.1 Å². The summed E-state index contributed by atoms with van der Waals surface area (Å²) in [7, 11) is 0. The number of thiophene rings is 1. The maximum absolute atomic E-state index is 5.74. The first kappa shape index (κ1) is 10.1. The van der Waals surface area contributed by atoms with E-state index in [1.165, 1.54) is 0 Å². The van der Waals surface area contributed by atoms with Crippen molar-refractivity contribution in [3.63, 3.8) is 0 Å². The molecule has 0 aliphatic carbocycles. The van der Waals surface area contributed by atoms with E-state index in [1.807, 2.05) is 18.6 Å². The molecule has 14 heavy (non-hydrogen) atoms. The van der Waals surface area contributed by atoms with E-state index in [4.69, 9.17) is 5.73 Å². The number of anilines is 1. The molecule has 0 bridgehead atoms. The van der Waals surface area contributed by atoms with Crippen molar-refractivity contribution in [2.75, 3.05) is 18.2 Å². The van der Waals surface area contributed by atoms with Crippen LogP contribution in [0.5, 0.6) is 0 Å². The molecule has 0 spiro atoms. The first-order chi connectivity index (χ1) is 6.74. The van der Waals surface area contributed by atoms with E-state index in [2.05, 4.69) is 9.97 Å². The molecule has 0 aliphatic heterocycles. The summed E-state index contributed by atoms with van der Waals surface area (Å²) in [6.45, 7) is 0. The highest BCUT2D eigenvalue weighted by atomic mass is 32.2. The largest absolute Gasteiger partial charge is 0.391 e. The third kappa shape index (κ3) is 1.69. The van der Waals surface area contributed by atoms with Gasteiger partial charge in [0.25, 0.3) is 0 Å². The second-order valence-corrected chi connectivity index (χ2v) is 5.23. The van der Waals surface area contributed by atoms with Gasteiger partial charge in [-0.25, -0.2) is 9.97 Å². The van der Waals surface area contributed by atoms with Crippen molar-refractivity contribution in [3.05, 3.63) is 6.07 Å². The van der Waals surface area contributed by atoms with Crippen LogP contribution in [0.2, 0.25) is 0 Å². The lowest BCUT2D eigenvalue weighted by Gasteiger charge is -1.99. The van der Waals surface area contributed by atoms with E-state index < -0.39 is 0 Å². The van der Waals surface area contributed by atoms with Crippen LogP contribution in [-0.4, -0.2) is 22.5 Å². The van der Waals surface area contributed by atoms with Crippen LogP contribution in [0.15, 0.2) is 16.2 Å². The van der Waals surface area contributed by atoms with Gasteiger partial charge in [-0.3, -0.25) is 0 Å². The van der Waals surface area contributed by atoms with Crippen molar-refractivity contribution in [2.45, 2.75) is 10.2 Å². The Morgan fingerprint density at radius 3 is 2.71 bits per heavy atom. The zero-order valence-electron chi connectivity index (χ0n) is 7.77. The van der Waals surface area contributed by atoms with Crippen LogP contribution in [0.4, 0.5) is 5.00 Å². The molecule has 2 N–H and O–H groups in total. The Labute approximate surface area is 94.5 Å². The van der Waals surface area contributed by atoms with Gasteiger partial charge in [-0.05, 0) is 18.6 Å². The van der Waals surface area contributed by atoms with Crippen LogP contribution in [-0.2, 0) is 0 Å². The minimum absolute atomic E-state index is 0.794. The van der Waals surface area contributed by atoms with Gasteiger partial charge in [0.1, 0.15) is 5.03 Å². The Balaban J connectivity index is 2.72. The second kappa shape index (κ2) is 3.96. The normalized spacial score (nSPS) is 11.0. The molecule has 0 fully saturated rings. The highest BCUT2D eigenvalue weighted by Gasteiger charge is 2.09. The van der Waals surface area contributed by atoms with E-state index in [1.54, 1.807) is 34.9 Å². The van der Waals surface area contributed by atoms with E-state index in [-0.39, 0.29) is 0 Å². The minimum Gasteiger partial charge on any atom is -0.391 e. The summed E-state index contributed by atoms with van der Waals surface area (Å²) in [4.78, 5) is 8.81. The zero-order valence-corrected chi connectivity index (χ0v) is 10.2. The van der Waals surface area contributed by atoms with Crippen LogP contribution >= 0.6 is 34.9 Å². The molecule has 3 nitrogen and oxygen atoms in total. The molecule has 2 aromatic heterocycles. The maximum atomic E-state index is 5.74. The quantitative estimate of drug-likeness (QED) is 0.499. The van der Waals surface area contributed by atoms with E-state index in [0.29, 0.717) is 0 Å². The average molecular weight is 243 g/mol. The van der Waals surface area contributed by atoms with Gasteiger partial charge in [-0.1, -0.05) is 11.8 Å². The Bertz CT molecular complexity index is 466. The third-order valence-corrected chi connectivity index (χ3v) is 4.03. The van der Waals surface area contributed by atoms with Crippen molar-refractivity contribution in [1.29, 1.82) is 0 Å². The molecule has 0 saturated heterocycles. The Morgan fingerprint density at radius 2 is 2.07 bits per heavy atom. The van der Waals surface area contributed by atoms with E-state index in [0.717, 1.165) is 25.4 Å². The first-order valence-corrected chi connectivity index (χ1v) is 7.16. The monoisotopic (exact) mass is 243 g/mol. The molecular formula is C8H9N3S3. The van der Waals surface area contributed by atoms with Gasteiger partial charge in [0.05, 0.1) is 15.2 Å². The van der Waals surface area contributed by atoms with E-state index >= 15 is 0 Å². The molecule has 2 heterocycles. The SMILES string of the molecule is CSc1nc(SC)c2sc(N)cc2n1. The molecule has 0 aromatic carbocycles.